The van der Waals surface area contributed by atoms with Gasteiger partial charge in [-0.05, 0) is 131 Å². The summed E-state index contributed by atoms with van der Waals surface area (Å²) >= 11 is 0. The maximum absolute atomic E-state index is 2.73. The molecule has 4 atom stereocenters. The van der Waals surface area contributed by atoms with Crippen molar-refractivity contribution in [2.75, 3.05) is 38.1 Å². The average Bonchev–Trinajstić information content (AvgIpc) is 3.44. The average molecular weight is 550 g/mol. The highest BCUT2D eigenvalue weighted by Gasteiger charge is 2.39. The lowest BCUT2D eigenvalue weighted by Crippen LogP contribution is -2.32. The van der Waals surface area contributed by atoms with Crippen LogP contribution in [0.25, 0.3) is 0 Å². The van der Waals surface area contributed by atoms with Crippen LogP contribution in [0.1, 0.15) is 115 Å². The van der Waals surface area contributed by atoms with Crippen molar-refractivity contribution in [2.45, 2.75) is 96.7 Å². The van der Waals surface area contributed by atoms with Crippen molar-refractivity contribution < 1.29 is 0 Å². The number of benzene rings is 3. The quantitative estimate of drug-likeness (QED) is 0.323. The van der Waals surface area contributed by atoms with Crippen molar-refractivity contribution in [1.29, 1.82) is 0 Å². The molecule has 3 heterocycles. The Morgan fingerprint density at radius 3 is 2.12 bits per heavy atom. The minimum absolute atomic E-state index is 0. The molecule has 3 aromatic rings. The first-order valence-electron chi connectivity index (χ1n) is 16.0. The first-order chi connectivity index (χ1) is 19.5. The van der Waals surface area contributed by atoms with Gasteiger partial charge in [-0.2, -0.15) is 0 Å². The van der Waals surface area contributed by atoms with Gasteiger partial charge in [-0.25, -0.2) is 0 Å². The maximum Gasteiger partial charge on any atom is 0.0369 e. The van der Waals surface area contributed by atoms with E-state index in [4.69, 9.17) is 0 Å². The van der Waals surface area contributed by atoms with Crippen molar-refractivity contribution in [2.24, 2.45) is 0 Å². The van der Waals surface area contributed by atoms with Crippen LogP contribution in [0.5, 0.6) is 0 Å². The first-order valence-corrected chi connectivity index (χ1v) is 16.0. The minimum atomic E-state index is 0. The summed E-state index contributed by atoms with van der Waals surface area (Å²) < 4.78 is 0. The molecule has 3 aromatic carbocycles. The molecule has 0 spiro atoms. The molecule has 3 saturated heterocycles. The molecular formula is C38H51N3. The summed E-state index contributed by atoms with van der Waals surface area (Å²) in [7, 11) is 2.26. The zero-order valence-corrected chi connectivity index (χ0v) is 24.9. The molecule has 0 N–H and O–H groups in total. The SMILES string of the molecule is C.Cc1ccc2c(c1)[C@@H]1C[C@H]2CCN1C.Cc1cccc(CN2CC[C@@H]3C[C@H]2c2cc(N4CCCCC4)ccc23)c1. The van der Waals surface area contributed by atoms with E-state index < -0.39 is 0 Å². The minimum Gasteiger partial charge on any atom is -0.372 e. The molecule has 0 aromatic heterocycles. The number of anilines is 1. The number of nitrogens with zero attached hydrogens (tertiary/aromatic N) is 3. The van der Waals surface area contributed by atoms with E-state index in [1.54, 1.807) is 22.3 Å². The number of hydrogen-bond acceptors (Lipinski definition) is 3. The number of fused-ring (bicyclic) bond motifs is 10. The zero-order chi connectivity index (χ0) is 27.2. The fraction of sp³-hybridized carbons (Fsp3) is 0.526. The summed E-state index contributed by atoms with van der Waals surface area (Å²) in [5.41, 5.74) is 12.2. The molecule has 2 aliphatic carbocycles. The van der Waals surface area contributed by atoms with Crippen LogP contribution in [0.3, 0.4) is 0 Å². The van der Waals surface area contributed by atoms with Crippen LogP contribution in [-0.2, 0) is 6.54 Å². The van der Waals surface area contributed by atoms with Gasteiger partial charge in [-0.15, -0.1) is 0 Å². The Morgan fingerprint density at radius 2 is 1.34 bits per heavy atom. The maximum atomic E-state index is 2.73. The Kier molecular flexibility index (Phi) is 8.30. The lowest BCUT2D eigenvalue weighted by molar-refractivity contribution is 0.145. The predicted octanol–water partition coefficient (Wildman–Crippen LogP) is 8.91. The second kappa shape index (κ2) is 11.9. The van der Waals surface area contributed by atoms with Gasteiger partial charge in [0.15, 0.2) is 0 Å². The molecule has 0 amide bonds. The van der Waals surface area contributed by atoms with Gasteiger partial charge >= 0.3 is 0 Å². The van der Waals surface area contributed by atoms with Crippen molar-refractivity contribution in [3.8, 4) is 0 Å². The summed E-state index contributed by atoms with van der Waals surface area (Å²) in [6, 6.07) is 24.8. The normalized spacial score (nSPS) is 26.5. The van der Waals surface area contributed by atoms with Crippen molar-refractivity contribution in [3.05, 3.63) is 99.6 Å². The second-order valence-electron chi connectivity index (χ2n) is 13.4. The fourth-order valence-corrected chi connectivity index (χ4v) is 8.51. The molecule has 5 aliphatic rings. The van der Waals surface area contributed by atoms with Crippen LogP contribution < -0.4 is 4.90 Å². The Bertz CT molecular complexity index is 1360. The van der Waals surface area contributed by atoms with E-state index in [0.29, 0.717) is 12.1 Å². The van der Waals surface area contributed by atoms with Crippen molar-refractivity contribution in [1.82, 2.24) is 9.80 Å². The third-order valence-corrected chi connectivity index (χ3v) is 10.7. The molecule has 218 valence electrons. The summed E-state index contributed by atoms with van der Waals surface area (Å²) in [5.74, 6) is 1.64. The van der Waals surface area contributed by atoms with E-state index in [2.05, 4.69) is 96.3 Å². The van der Waals surface area contributed by atoms with E-state index >= 15 is 0 Å². The van der Waals surface area contributed by atoms with Gasteiger partial charge in [-0.3, -0.25) is 9.80 Å². The lowest BCUT2D eigenvalue weighted by atomic mass is 9.95. The molecule has 41 heavy (non-hydrogen) atoms. The van der Waals surface area contributed by atoms with Crippen LogP contribution >= 0.6 is 0 Å². The molecule has 3 nitrogen and oxygen atoms in total. The predicted molar refractivity (Wildman–Crippen MR) is 174 cm³/mol. The topological polar surface area (TPSA) is 9.72 Å². The Morgan fingerprint density at radius 1 is 0.659 bits per heavy atom. The number of hydrogen-bond donors (Lipinski definition) is 0. The molecule has 0 saturated carbocycles. The number of piperidine rings is 3. The van der Waals surface area contributed by atoms with Crippen molar-refractivity contribution >= 4 is 5.69 Å². The molecule has 3 fully saturated rings. The third-order valence-electron chi connectivity index (χ3n) is 10.7. The lowest BCUT2D eigenvalue weighted by Gasteiger charge is -2.34. The second-order valence-corrected chi connectivity index (χ2v) is 13.4. The number of rotatable bonds is 3. The molecule has 3 aliphatic heterocycles. The van der Waals surface area contributed by atoms with E-state index in [1.165, 1.54) is 93.5 Å². The summed E-state index contributed by atoms with van der Waals surface area (Å²) in [6.45, 7) is 10.5. The fourth-order valence-electron chi connectivity index (χ4n) is 8.51. The van der Waals surface area contributed by atoms with E-state index in [-0.39, 0.29) is 7.43 Å². The van der Waals surface area contributed by atoms with Crippen LogP contribution in [0.15, 0.2) is 60.7 Å². The van der Waals surface area contributed by atoms with Gasteiger partial charge in [0.1, 0.15) is 0 Å². The van der Waals surface area contributed by atoms with Gasteiger partial charge in [-0.1, -0.05) is 67.1 Å². The van der Waals surface area contributed by atoms with Crippen molar-refractivity contribution in [3.63, 3.8) is 0 Å². The van der Waals surface area contributed by atoms with Crippen LogP contribution in [0.2, 0.25) is 0 Å². The molecule has 0 unspecified atom stereocenters. The highest BCUT2D eigenvalue weighted by Crippen LogP contribution is 2.50. The molecule has 4 bridgehead atoms. The third kappa shape index (κ3) is 5.60. The molecular weight excluding hydrogens is 498 g/mol. The Hall–Kier alpha value is -2.62. The van der Waals surface area contributed by atoms with Gasteiger partial charge in [0.2, 0.25) is 0 Å². The standard InChI is InChI=1S/C24H30N2.C13H17N.CH4/c1-18-6-5-7-19(14-18)17-26-13-10-20-15-24(26)23-16-21(8-9-22(20)23)25-11-3-2-4-12-25;1-9-3-4-11-10-5-6-14(2)13(8-10)12(11)7-9;/h5-9,14,16,20,24H,2-4,10-13,15,17H2,1H3;3-4,7,10,13H,5-6,8H2,1-2H3;1H4/t20-,24+;10-,13+;/m11./s1. The van der Waals surface area contributed by atoms with E-state index in [1.807, 2.05) is 0 Å². The Balaban J connectivity index is 0.000000170. The van der Waals surface area contributed by atoms with E-state index in [9.17, 15) is 0 Å². The van der Waals surface area contributed by atoms with Gasteiger partial charge < -0.3 is 4.90 Å². The largest absolute Gasteiger partial charge is 0.372 e. The molecule has 0 radical (unpaired) electrons. The molecule has 8 rings (SSSR count). The molecule has 3 heteroatoms. The highest BCUT2D eigenvalue weighted by atomic mass is 15.2. The first kappa shape index (κ1) is 28.5. The number of aryl methyl sites for hydroxylation is 2. The monoisotopic (exact) mass is 549 g/mol. The van der Waals surface area contributed by atoms with Gasteiger partial charge in [0, 0.05) is 37.4 Å². The van der Waals surface area contributed by atoms with Crippen LogP contribution in [0, 0.1) is 13.8 Å². The summed E-state index contributed by atoms with van der Waals surface area (Å²) in [6.07, 6.45) is 9.45. The highest BCUT2D eigenvalue weighted by molar-refractivity contribution is 5.55. The van der Waals surface area contributed by atoms with Gasteiger partial charge in [0.05, 0.1) is 0 Å². The zero-order valence-electron chi connectivity index (χ0n) is 24.9. The summed E-state index contributed by atoms with van der Waals surface area (Å²) in [5, 5.41) is 0. The number of likely N-dealkylation sites (tertiary alicyclic amines) is 2. The summed E-state index contributed by atoms with van der Waals surface area (Å²) in [4.78, 5) is 7.86. The van der Waals surface area contributed by atoms with E-state index in [0.717, 1.165) is 18.4 Å². The smallest absolute Gasteiger partial charge is 0.0369 e. The van der Waals surface area contributed by atoms with Gasteiger partial charge in [0.25, 0.3) is 0 Å². The van der Waals surface area contributed by atoms with Crippen LogP contribution in [0.4, 0.5) is 5.69 Å². The Labute approximate surface area is 249 Å². The van der Waals surface area contributed by atoms with Crippen LogP contribution in [-0.4, -0.2) is 43.0 Å².